The minimum atomic E-state index is -0.778. The van der Waals surface area contributed by atoms with Gasteiger partial charge in [-0.25, -0.2) is 10.6 Å². The van der Waals surface area contributed by atoms with Crippen LogP contribution in [0.2, 0.25) is 0 Å². The normalized spacial score (nSPS) is 9.46. The molecule has 0 bridgehead atoms. The molecule has 0 aliphatic heterocycles. The molecule has 0 rings (SSSR count). The Bertz CT molecular complexity index is 182. The highest BCUT2D eigenvalue weighted by atomic mass is 16.6. The van der Waals surface area contributed by atoms with E-state index in [0.29, 0.717) is 11.6 Å². The van der Waals surface area contributed by atoms with Crippen molar-refractivity contribution < 1.29 is 14.3 Å². The van der Waals surface area contributed by atoms with Gasteiger partial charge in [-0.05, 0) is 6.42 Å². The molecule has 0 spiro atoms. The van der Waals surface area contributed by atoms with Crippen LogP contribution < -0.4 is 5.84 Å². The maximum atomic E-state index is 11.0. The minimum Gasteiger partial charge on any atom is -0.448 e. The first-order chi connectivity index (χ1) is 6.13. The lowest BCUT2D eigenvalue weighted by molar-refractivity contribution is -0.129. The zero-order chi connectivity index (χ0) is 10.3. The van der Waals surface area contributed by atoms with Crippen molar-refractivity contribution in [2.24, 2.45) is 5.84 Å². The SMILES string of the molecule is CCCCOC(=O)N(N)C(=O)CC. The maximum Gasteiger partial charge on any atom is 0.431 e. The number of ether oxygens (including phenoxy) is 1. The molecule has 0 heterocycles. The Balaban J connectivity index is 3.76. The molecule has 13 heavy (non-hydrogen) atoms. The van der Waals surface area contributed by atoms with E-state index in [2.05, 4.69) is 0 Å². The summed E-state index contributed by atoms with van der Waals surface area (Å²) in [4.78, 5) is 21.9. The molecule has 0 saturated heterocycles. The van der Waals surface area contributed by atoms with Crippen LogP contribution in [0, 0.1) is 0 Å². The molecule has 0 aliphatic carbocycles. The average Bonchev–Trinajstić information content (AvgIpc) is 2.15. The van der Waals surface area contributed by atoms with E-state index in [1.165, 1.54) is 0 Å². The number of carbonyl (C=O) groups is 2. The van der Waals surface area contributed by atoms with Gasteiger partial charge in [-0.2, -0.15) is 5.01 Å². The van der Waals surface area contributed by atoms with E-state index in [0.717, 1.165) is 12.8 Å². The topological polar surface area (TPSA) is 72.6 Å². The van der Waals surface area contributed by atoms with Crippen LogP contribution in [0.25, 0.3) is 0 Å². The summed E-state index contributed by atoms with van der Waals surface area (Å²) in [6.45, 7) is 3.91. The molecule has 0 radical (unpaired) electrons. The number of hydrazine groups is 1. The van der Waals surface area contributed by atoms with Crippen molar-refractivity contribution in [3.05, 3.63) is 0 Å². The predicted octanol–water partition coefficient (Wildman–Crippen LogP) is 1.04. The van der Waals surface area contributed by atoms with Crippen LogP contribution in [-0.2, 0) is 9.53 Å². The second kappa shape index (κ2) is 6.42. The fourth-order valence-electron chi connectivity index (χ4n) is 0.646. The fourth-order valence-corrected chi connectivity index (χ4v) is 0.646. The Kier molecular flexibility index (Phi) is 5.88. The van der Waals surface area contributed by atoms with E-state index in [1.54, 1.807) is 6.92 Å². The summed E-state index contributed by atoms with van der Waals surface area (Å²) in [7, 11) is 0. The summed E-state index contributed by atoms with van der Waals surface area (Å²) in [5.74, 6) is 4.72. The molecule has 2 N–H and O–H groups in total. The number of hydrogen-bond acceptors (Lipinski definition) is 4. The Morgan fingerprint density at radius 2 is 2.00 bits per heavy atom. The summed E-state index contributed by atoms with van der Waals surface area (Å²) in [6.07, 6.45) is 1.12. The van der Waals surface area contributed by atoms with Gasteiger partial charge in [0.25, 0.3) is 0 Å². The average molecular weight is 188 g/mol. The van der Waals surface area contributed by atoms with Crippen LogP contribution in [0.3, 0.4) is 0 Å². The standard InChI is InChI=1S/C8H16N2O3/c1-3-5-6-13-8(12)10(9)7(11)4-2/h3-6,9H2,1-2H3. The molecule has 0 aliphatic rings. The van der Waals surface area contributed by atoms with Gasteiger partial charge in [-0.1, -0.05) is 20.3 Å². The first-order valence-electron chi connectivity index (χ1n) is 4.37. The van der Waals surface area contributed by atoms with Crippen molar-refractivity contribution in [2.75, 3.05) is 6.61 Å². The van der Waals surface area contributed by atoms with E-state index in [-0.39, 0.29) is 6.42 Å². The number of nitrogens with two attached hydrogens (primary N) is 1. The number of nitrogens with zero attached hydrogens (tertiary/aromatic N) is 1. The zero-order valence-corrected chi connectivity index (χ0v) is 8.08. The summed E-state index contributed by atoms with van der Waals surface area (Å²) in [5.41, 5.74) is 0. The molecule has 5 nitrogen and oxygen atoms in total. The first-order valence-corrected chi connectivity index (χ1v) is 4.37. The van der Waals surface area contributed by atoms with E-state index in [4.69, 9.17) is 10.6 Å². The lowest BCUT2D eigenvalue weighted by Gasteiger charge is -2.13. The summed E-state index contributed by atoms with van der Waals surface area (Å²) >= 11 is 0. The van der Waals surface area contributed by atoms with Crippen LogP contribution in [-0.4, -0.2) is 23.6 Å². The molecule has 5 heteroatoms. The third-order valence-corrected chi connectivity index (χ3v) is 1.49. The number of imide groups is 1. The second-order valence-corrected chi connectivity index (χ2v) is 2.59. The monoisotopic (exact) mass is 188 g/mol. The van der Waals surface area contributed by atoms with Gasteiger partial charge < -0.3 is 4.74 Å². The molecule has 0 atom stereocenters. The molecule has 2 amide bonds. The zero-order valence-electron chi connectivity index (χ0n) is 8.08. The van der Waals surface area contributed by atoms with Crippen molar-refractivity contribution in [2.45, 2.75) is 33.1 Å². The summed E-state index contributed by atoms with van der Waals surface area (Å²) < 4.78 is 4.71. The quantitative estimate of drug-likeness (QED) is 0.309. The Hall–Kier alpha value is -1.10. The third-order valence-electron chi connectivity index (χ3n) is 1.49. The van der Waals surface area contributed by atoms with Gasteiger partial charge in [0, 0.05) is 6.42 Å². The van der Waals surface area contributed by atoms with Crippen molar-refractivity contribution in [1.82, 2.24) is 5.01 Å². The Morgan fingerprint density at radius 3 is 2.46 bits per heavy atom. The van der Waals surface area contributed by atoms with Crippen molar-refractivity contribution >= 4 is 12.0 Å². The van der Waals surface area contributed by atoms with Crippen molar-refractivity contribution in [3.63, 3.8) is 0 Å². The third kappa shape index (κ3) is 4.47. The molecule has 0 fully saturated rings. The number of rotatable bonds is 4. The second-order valence-electron chi connectivity index (χ2n) is 2.59. The molecule has 0 unspecified atom stereocenters. The van der Waals surface area contributed by atoms with Gasteiger partial charge in [-0.3, -0.25) is 4.79 Å². The van der Waals surface area contributed by atoms with Crippen LogP contribution >= 0.6 is 0 Å². The molecule has 0 aromatic rings. The van der Waals surface area contributed by atoms with Crippen LogP contribution in [0.4, 0.5) is 4.79 Å². The summed E-state index contributed by atoms with van der Waals surface area (Å²) in [5, 5.41) is 0.510. The number of unbranched alkanes of at least 4 members (excludes halogenated alkanes) is 1. The van der Waals surface area contributed by atoms with Gasteiger partial charge in [0.2, 0.25) is 5.91 Å². The lowest BCUT2D eigenvalue weighted by atomic mass is 10.4. The highest BCUT2D eigenvalue weighted by Gasteiger charge is 2.16. The molecule has 0 aromatic carbocycles. The van der Waals surface area contributed by atoms with Gasteiger partial charge in [0.1, 0.15) is 0 Å². The van der Waals surface area contributed by atoms with Crippen LogP contribution in [0.1, 0.15) is 33.1 Å². The number of hydrogen-bond donors (Lipinski definition) is 1. The number of amides is 2. The van der Waals surface area contributed by atoms with Crippen molar-refractivity contribution in [1.29, 1.82) is 0 Å². The predicted molar refractivity (Wildman–Crippen MR) is 47.6 cm³/mol. The summed E-state index contributed by atoms with van der Waals surface area (Å²) in [6, 6.07) is 0. The van der Waals surface area contributed by atoms with E-state index in [1.807, 2.05) is 6.92 Å². The van der Waals surface area contributed by atoms with E-state index < -0.39 is 12.0 Å². The molecular weight excluding hydrogens is 172 g/mol. The Morgan fingerprint density at radius 1 is 1.38 bits per heavy atom. The minimum absolute atomic E-state index is 0.194. The highest BCUT2D eigenvalue weighted by Crippen LogP contribution is 1.94. The number of carbonyl (C=O) groups excluding carboxylic acids is 2. The van der Waals surface area contributed by atoms with Gasteiger partial charge in [0.15, 0.2) is 0 Å². The molecular formula is C8H16N2O3. The van der Waals surface area contributed by atoms with Gasteiger partial charge in [0.05, 0.1) is 6.61 Å². The van der Waals surface area contributed by atoms with Crippen molar-refractivity contribution in [3.8, 4) is 0 Å². The van der Waals surface area contributed by atoms with Crippen LogP contribution in [0.15, 0.2) is 0 Å². The molecule has 0 aromatic heterocycles. The fraction of sp³-hybridized carbons (Fsp3) is 0.750. The highest BCUT2D eigenvalue weighted by molar-refractivity contribution is 5.90. The van der Waals surface area contributed by atoms with E-state index in [9.17, 15) is 9.59 Å². The molecule has 0 saturated carbocycles. The van der Waals surface area contributed by atoms with Crippen LogP contribution in [0.5, 0.6) is 0 Å². The lowest BCUT2D eigenvalue weighted by Crippen LogP contribution is -2.42. The molecule has 76 valence electrons. The van der Waals surface area contributed by atoms with E-state index >= 15 is 0 Å². The van der Waals surface area contributed by atoms with Gasteiger partial charge >= 0.3 is 6.09 Å². The maximum absolute atomic E-state index is 11.0. The smallest absolute Gasteiger partial charge is 0.431 e. The van der Waals surface area contributed by atoms with Gasteiger partial charge in [-0.15, -0.1) is 0 Å². The largest absolute Gasteiger partial charge is 0.448 e. The Labute approximate surface area is 77.8 Å². The first kappa shape index (κ1) is 11.9.